The first-order valence-electron chi connectivity index (χ1n) is 6.54. The zero-order valence-electron chi connectivity index (χ0n) is 11.0. The molecule has 0 aromatic carbocycles. The molecule has 7 heteroatoms. The van der Waals surface area contributed by atoms with Crippen molar-refractivity contribution in [3.05, 3.63) is 11.5 Å². The number of rotatable bonds is 5. The van der Waals surface area contributed by atoms with Gasteiger partial charge in [-0.2, -0.15) is 0 Å². The zero-order chi connectivity index (χ0) is 13.9. The van der Waals surface area contributed by atoms with Gasteiger partial charge in [0.05, 0.1) is 30.9 Å². The van der Waals surface area contributed by atoms with E-state index in [2.05, 4.69) is 17.6 Å². The van der Waals surface area contributed by atoms with Crippen LogP contribution in [0.3, 0.4) is 0 Å². The lowest BCUT2D eigenvalue weighted by Gasteiger charge is -2.20. The van der Waals surface area contributed by atoms with E-state index in [1.807, 2.05) is 0 Å². The molecular formula is C12H20N2O4S. The molecular weight excluding hydrogens is 268 g/mol. The largest absolute Gasteiger partial charge is 0.379 e. The molecule has 0 bridgehead atoms. The molecule has 1 saturated heterocycles. The number of nitrogens with one attached hydrogen (secondary N) is 2. The fraction of sp³-hybridized carbons (Fsp3) is 0.750. The predicted molar refractivity (Wildman–Crippen MR) is 71.2 cm³/mol. The lowest BCUT2D eigenvalue weighted by atomic mass is 10.0. The van der Waals surface area contributed by atoms with Crippen LogP contribution in [0.1, 0.15) is 13.3 Å². The van der Waals surface area contributed by atoms with Gasteiger partial charge in [-0.15, -0.1) is 0 Å². The van der Waals surface area contributed by atoms with Crippen LogP contribution in [0, 0.1) is 5.92 Å². The van der Waals surface area contributed by atoms with Gasteiger partial charge in [-0.3, -0.25) is 4.79 Å². The normalized spacial score (nSPS) is 32.6. The van der Waals surface area contributed by atoms with Crippen molar-refractivity contribution in [2.24, 2.45) is 5.92 Å². The number of amides is 1. The summed E-state index contributed by atoms with van der Waals surface area (Å²) in [5.41, 5.74) is 0. The van der Waals surface area contributed by atoms with Gasteiger partial charge in [0.25, 0.3) is 0 Å². The van der Waals surface area contributed by atoms with Crippen LogP contribution in [0.4, 0.5) is 0 Å². The van der Waals surface area contributed by atoms with Gasteiger partial charge in [0, 0.05) is 11.4 Å². The molecule has 2 heterocycles. The van der Waals surface area contributed by atoms with Crippen LogP contribution in [-0.4, -0.2) is 51.9 Å². The Morgan fingerprint density at radius 3 is 2.84 bits per heavy atom. The number of carbonyl (C=O) groups is 1. The highest BCUT2D eigenvalue weighted by Crippen LogP contribution is 2.15. The highest BCUT2D eigenvalue weighted by atomic mass is 32.2. The smallest absolute Gasteiger partial charge is 0.227 e. The molecule has 3 unspecified atom stereocenters. The number of sulfone groups is 1. The SMILES string of the molecule is CCCNC1COCC1C(=O)NC1C=CS(=O)(=O)C1. The van der Waals surface area contributed by atoms with Gasteiger partial charge in [-0.05, 0) is 19.0 Å². The molecule has 0 radical (unpaired) electrons. The first-order chi connectivity index (χ1) is 9.02. The van der Waals surface area contributed by atoms with Crippen molar-refractivity contribution in [3.8, 4) is 0 Å². The first kappa shape index (κ1) is 14.5. The van der Waals surface area contributed by atoms with Crippen LogP contribution in [-0.2, 0) is 19.4 Å². The Labute approximate surface area is 113 Å². The maximum Gasteiger partial charge on any atom is 0.227 e. The van der Waals surface area contributed by atoms with E-state index in [0.29, 0.717) is 13.2 Å². The molecule has 0 aliphatic carbocycles. The maximum absolute atomic E-state index is 12.1. The highest BCUT2D eigenvalue weighted by Gasteiger charge is 2.35. The molecule has 2 rings (SSSR count). The summed E-state index contributed by atoms with van der Waals surface area (Å²) in [7, 11) is -3.13. The summed E-state index contributed by atoms with van der Waals surface area (Å²) in [5, 5.41) is 7.20. The van der Waals surface area contributed by atoms with Crippen LogP contribution < -0.4 is 10.6 Å². The minimum Gasteiger partial charge on any atom is -0.379 e. The van der Waals surface area contributed by atoms with Gasteiger partial charge in [0.2, 0.25) is 5.91 Å². The van der Waals surface area contributed by atoms with Crippen molar-refractivity contribution >= 4 is 15.7 Å². The monoisotopic (exact) mass is 288 g/mol. The second-order valence-corrected chi connectivity index (χ2v) is 6.91. The second kappa shape index (κ2) is 6.02. The van der Waals surface area contributed by atoms with Crippen molar-refractivity contribution in [1.29, 1.82) is 0 Å². The average molecular weight is 288 g/mol. The zero-order valence-corrected chi connectivity index (χ0v) is 11.8. The summed E-state index contributed by atoms with van der Waals surface area (Å²) in [6, 6.07) is -0.396. The van der Waals surface area contributed by atoms with E-state index in [1.54, 1.807) is 0 Å². The fourth-order valence-corrected chi connectivity index (χ4v) is 3.53. The Morgan fingerprint density at radius 2 is 2.21 bits per heavy atom. The van der Waals surface area contributed by atoms with Crippen molar-refractivity contribution < 1.29 is 17.9 Å². The molecule has 0 aromatic rings. The van der Waals surface area contributed by atoms with Crippen LogP contribution in [0.2, 0.25) is 0 Å². The molecule has 0 saturated carbocycles. The Kier molecular flexibility index (Phi) is 4.59. The maximum atomic E-state index is 12.1. The molecule has 3 atom stereocenters. The van der Waals surface area contributed by atoms with Crippen LogP contribution in [0.5, 0.6) is 0 Å². The molecule has 2 aliphatic rings. The van der Waals surface area contributed by atoms with Gasteiger partial charge in [-0.25, -0.2) is 8.42 Å². The van der Waals surface area contributed by atoms with Gasteiger partial charge in [0.1, 0.15) is 0 Å². The van der Waals surface area contributed by atoms with Gasteiger partial charge in [0.15, 0.2) is 9.84 Å². The average Bonchev–Trinajstić information content (AvgIpc) is 2.93. The Hall–Kier alpha value is -0.920. The summed E-state index contributed by atoms with van der Waals surface area (Å²) >= 11 is 0. The van der Waals surface area contributed by atoms with E-state index < -0.39 is 15.9 Å². The fourth-order valence-electron chi connectivity index (χ4n) is 2.30. The molecule has 108 valence electrons. The summed E-state index contributed by atoms with van der Waals surface area (Å²) in [4.78, 5) is 12.1. The predicted octanol–water partition coefficient (Wildman–Crippen LogP) is -0.572. The summed E-state index contributed by atoms with van der Waals surface area (Å²) in [6.45, 7) is 3.81. The Bertz CT molecular complexity index is 460. The molecule has 2 N–H and O–H groups in total. The van der Waals surface area contributed by atoms with E-state index >= 15 is 0 Å². The van der Waals surface area contributed by atoms with E-state index in [0.717, 1.165) is 18.4 Å². The molecule has 6 nitrogen and oxygen atoms in total. The first-order valence-corrected chi connectivity index (χ1v) is 8.26. The summed E-state index contributed by atoms with van der Waals surface area (Å²) < 4.78 is 27.9. The standard InChI is InChI=1S/C12H20N2O4S/c1-2-4-13-11-7-18-6-10(11)12(15)14-9-3-5-19(16,17)8-9/h3,5,9-11,13H,2,4,6-8H2,1H3,(H,14,15). The lowest BCUT2D eigenvalue weighted by Crippen LogP contribution is -2.47. The summed E-state index contributed by atoms with van der Waals surface area (Å²) in [6.07, 6.45) is 2.52. The van der Waals surface area contributed by atoms with Crippen LogP contribution >= 0.6 is 0 Å². The van der Waals surface area contributed by atoms with Crippen molar-refractivity contribution in [1.82, 2.24) is 10.6 Å². The molecule has 1 fully saturated rings. The third-order valence-corrected chi connectivity index (χ3v) is 4.73. The van der Waals surface area contributed by atoms with Gasteiger partial charge < -0.3 is 15.4 Å². The van der Waals surface area contributed by atoms with Crippen molar-refractivity contribution in [2.75, 3.05) is 25.5 Å². The van der Waals surface area contributed by atoms with E-state index in [4.69, 9.17) is 4.74 Å². The van der Waals surface area contributed by atoms with Gasteiger partial charge >= 0.3 is 0 Å². The third kappa shape index (κ3) is 3.77. The Balaban J connectivity index is 1.87. The van der Waals surface area contributed by atoms with E-state index in [9.17, 15) is 13.2 Å². The van der Waals surface area contributed by atoms with Gasteiger partial charge in [-0.1, -0.05) is 6.92 Å². The number of ether oxygens (including phenoxy) is 1. The number of hydrogen-bond acceptors (Lipinski definition) is 5. The quantitative estimate of drug-likeness (QED) is 0.707. The number of hydrogen-bond donors (Lipinski definition) is 2. The van der Waals surface area contributed by atoms with Crippen molar-refractivity contribution in [3.63, 3.8) is 0 Å². The molecule has 0 spiro atoms. The Morgan fingerprint density at radius 1 is 1.42 bits per heavy atom. The van der Waals surface area contributed by atoms with E-state index in [-0.39, 0.29) is 23.6 Å². The third-order valence-electron chi connectivity index (χ3n) is 3.33. The number of carbonyl (C=O) groups excluding carboxylic acids is 1. The summed E-state index contributed by atoms with van der Waals surface area (Å²) in [5.74, 6) is -0.430. The van der Waals surface area contributed by atoms with E-state index in [1.165, 1.54) is 6.08 Å². The second-order valence-electron chi connectivity index (χ2n) is 4.98. The van der Waals surface area contributed by atoms with Crippen molar-refractivity contribution in [2.45, 2.75) is 25.4 Å². The highest BCUT2D eigenvalue weighted by molar-refractivity contribution is 7.94. The molecule has 0 aromatic heterocycles. The van der Waals surface area contributed by atoms with Crippen LogP contribution in [0.25, 0.3) is 0 Å². The van der Waals surface area contributed by atoms with Crippen LogP contribution in [0.15, 0.2) is 11.5 Å². The molecule has 19 heavy (non-hydrogen) atoms. The molecule has 1 amide bonds. The topological polar surface area (TPSA) is 84.5 Å². The lowest BCUT2D eigenvalue weighted by molar-refractivity contribution is -0.125. The molecule has 2 aliphatic heterocycles. The minimum atomic E-state index is -3.13. The minimum absolute atomic E-state index is 0.0157.